The van der Waals surface area contributed by atoms with E-state index in [2.05, 4.69) is 10.3 Å². The Kier molecular flexibility index (Phi) is 5.02. The zero-order chi connectivity index (χ0) is 17.8. The fourth-order valence-electron chi connectivity index (χ4n) is 2.89. The van der Waals surface area contributed by atoms with Gasteiger partial charge in [0.2, 0.25) is 5.56 Å². The van der Waals surface area contributed by atoms with Crippen LogP contribution in [0, 0.1) is 0 Å². The highest BCUT2D eigenvalue weighted by molar-refractivity contribution is 5.87. The van der Waals surface area contributed by atoms with Crippen LogP contribution in [-0.4, -0.2) is 33.5 Å². The Labute approximate surface area is 144 Å². The number of fused-ring (bicyclic) bond motifs is 1. The molecule has 0 bridgehead atoms. The van der Waals surface area contributed by atoms with Crippen LogP contribution in [0.15, 0.2) is 53.3 Å². The SMILES string of the molecule is O=c1ccc2c(C(CO)NCCc3ccc(O)cc3)ccc(O)c2[nH]1. The minimum atomic E-state index is -0.328. The Morgan fingerprint density at radius 1 is 1.00 bits per heavy atom. The summed E-state index contributed by atoms with van der Waals surface area (Å²) in [4.78, 5) is 14.1. The summed E-state index contributed by atoms with van der Waals surface area (Å²) in [5.41, 5.74) is 1.95. The van der Waals surface area contributed by atoms with E-state index in [1.54, 1.807) is 24.3 Å². The van der Waals surface area contributed by atoms with Gasteiger partial charge >= 0.3 is 0 Å². The third-order valence-electron chi connectivity index (χ3n) is 4.21. The smallest absolute Gasteiger partial charge is 0.248 e. The van der Waals surface area contributed by atoms with Crippen molar-refractivity contribution in [1.29, 1.82) is 0 Å². The van der Waals surface area contributed by atoms with Crippen LogP contribution in [0.4, 0.5) is 0 Å². The van der Waals surface area contributed by atoms with Crippen LogP contribution in [0.1, 0.15) is 17.2 Å². The maximum Gasteiger partial charge on any atom is 0.248 e. The first-order chi connectivity index (χ1) is 12.1. The minimum absolute atomic E-state index is 0.00256. The molecule has 1 aromatic heterocycles. The topological polar surface area (TPSA) is 106 Å². The molecule has 0 aliphatic heterocycles. The summed E-state index contributed by atoms with van der Waals surface area (Å²) in [7, 11) is 0. The van der Waals surface area contributed by atoms with Crippen molar-refractivity contribution in [2.24, 2.45) is 0 Å². The molecule has 1 heterocycles. The van der Waals surface area contributed by atoms with Crippen LogP contribution >= 0.6 is 0 Å². The van der Waals surface area contributed by atoms with Crippen molar-refractivity contribution in [3.05, 3.63) is 70.0 Å². The van der Waals surface area contributed by atoms with Gasteiger partial charge in [-0.1, -0.05) is 18.2 Å². The number of phenols is 2. The molecule has 1 atom stereocenters. The van der Waals surface area contributed by atoms with E-state index >= 15 is 0 Å². The van der Waals surface area contributed by atoms with Gasteiger partial charge in [0.15, 0.2) is 0 Å². The van der Waals surface area contributed by atoms with Crippen LogP contribution in [0.5, 0.6) is 11.5 Å². The molecule has 3 rings (SSSR count). The van der Waals surface area contributed by atoms with E-state index in [1.807, 2.05) is 12.1 Å². The van der Waals surface area contributed by atoms with E-state index < -0.39 is 0 Å². The summed E-state index contributed by atoms with van der Waals surface area (Å²) in [6.07, 6.45) is 0.740. The largest absolute Gasteiger partial charge is 0.508 e. The van der Waals surface area contributed by atoms with Crippen LogP contribution in [0.3, 0.4) is 0 Å². The van der Waals surface area contributed by atoms with E-state index in [1.165, 1.54) is 12.1 Å². The number of nitrogens with one attached hydrogen (secondary N) is 2. The first-order valence-corrected chi connectivity index (χ1v) is 8.05. The number of phenolic OH excluding ortho intramolecular Hbond substituents is 2. The lowest BCUT2D eigenvalue weighted by Gasteiger charge is -2.19. The second-order valence-corrected chi connectivity index (χ2v) is 5.89. The van der Waals surface area contributed by atoms with Crippen molar-refractivity contribution in [3.8, 4) is 11.5 Å². The lowest BCUT2D eigenvalue weighted by molar-refractivity contribution is 0.246. The number of hydrogen-bond acceptors (Lipinski definition) is 5. The molecule has 0 saturated carbocycles. The van der Waals surface area contributed by atoms with Crippen LogP contribution < -0.4 is 10.9 Å². The molecule has 130 valence electrons. The maximum absolute atomic E-state index is 11.5. The molecule has 25 heavy (non-hydrogen) atoms. The number of pyridine rings is 1. The van der Waals surface area contributed by atoms with E-state index in [-0.39, 0.29) is 29.7 Å². The summed E-state index contributed by atoms with van der Waals surface area (Å²) < 4.78 is 0. The van der Waals surface area contributed by atoms with Gasteiger partial charge in [-0.2, -0.15) is 0 Å². The van der Waals surface area contributed by atoms with E-state index in [4.69, 9.17) is 0 Å². The van der Waals surface area contributed by atoms with Crippen molar-refractivity contribution in [3.63, 3.8) is 0 Å². The Hall–Kier alpha value is -2.83. The van der Waals surface area contributed by atoms with Crippen molar-refractivity contribution >= 4 is 10.9 Å². The number of rotatable bonds is 6. The third-order valence-corrected chi connectivity index (χ3v) is 4.21. The second kappa shape index (κ2) is 7.38. The predicted molar refractivity (Wildman–Crippen MR) is 95.9 cm³/mol. The highest BCUT2D eigenvalue weighted by Crippen LogP contribution is 2.28. The molecule has 0 fully saturated rings. The molecular weight excluding hydrogens is 320 g/mol. The van der Waals surface area contributed by atoms with E-state index in [0.29, 0.717) is 17.4 Å². The molecule has 6 heteroatoms. The maximum atomic E-state index is 11.5. The molecule has 1 unspecified atom stereocenters. The Morgan fingerprint density at radius 2 is 1.76 bits per heavy atom. The van der Waals surface area contributed by atoms with Crippen LogP contribution in [0.2, 0.25) is 0 Å². The predicted octanol–water partition coefficient (Wildman–Crippen LogP) is 1.80. The molecule has 3 aromatic rings. The number of aliphatic hydroxyl groups is 1. The zero-order valence-corrected chi connectivity index (χ0v) is 13.6. The number of benzene rings is 2. The van der Waals surface area contributed by atoms with Crippen LogP contribution in [0.25, 0.3) is 10.9 Å². The number of aromatic hydroxyl groups is 2. The van der Waals surface area contributed by atoms with Gasteiger partial charge in [0.25, 0.3) is 0 Å². The number of aliphatic hydroxyl groups excluding tert-OH is 1. The molecular formula is C19H20N2O4. The van der Waals surface area contributed by atoms with Crippen molar-refractivity contribution < 1.29 is 15.3 Å². The molecule has 0 amide bonds. The number of H-pyrrole nitrogens is 1. The fraction of sp³-hybridized carbons (Fsp3) is 0.211. The van der Waals surface area contributed by atoms with Gasteiger partial charge in [-0.25, -0.2) is 0 Å². The van der Waals surface area contributed by atoms with Gasteiger partial charge in [-0.05, 0) is 48.4 Å². The molecule has 2 aromatic carbocycles. The third kappa shape index (κ3) is 3.81. The van der Waals surface area contributed by atoms with E-state index in [9.17, 15) is 20.1 Å². The van der Waals surface area contributed by atoms with Crippen molar-refractivity contribution in [2.45, 2.75) is 12.5 Å². The normalized spacial score (nSPS) is 12.4. The first-order valence-electron chi connectivity index (χ1n) is 8.05. The van der Waals surface area contributed by atoms with Crippen LogP contribution in [-0.2, 0) is 6.42 Å². The van der Waals surface area contributed by atoms with Crippen molar-refractivity contribution in [2.75, 3.05) is 13.2 Å². The Balaban J connectivity index is 1.79. The summed E-state index contributed by atoms with van der Waals surface area (Å²) >= 11 is 0. The molecule has 5 N–H and O–H groups in total. The first kappa shape index (κ1) is 17.0. The number of hydrogen-bond donors (Lipinski definition) is 5. The summed E-state index contributed by atoms with van der Waals surface area (Å²) in [5.74, 6) is 0.228. The van der Waals surface area contributed by atoms with E-state index in [0.717, 1.165) is 17.5 Å². The fourth-order valence-corrected chi connectivity index (χ4v) is 2.89. The molecule has 0 radical (unpaired) electrons. The van der Waals surface area contributed by atoms with Gasteiger partial charge in [-0.3, -0.25) is 4.79 Å². The molecule has 0 aliphatic rings. The van der Waals surface area contributed by atoms with Gasteiger partial charge < -0.3 is 25.6 Å². The standard InChI is InChI=1S/C19H20N2O4/c22-11-16(20-10-9-12-1-3-13(23)4-2-12)14-5-7-17(24)19-15(14)6-8-18(25)21-19/h1-8,16,20,22-24H,9-11H2,(H,21,25). The number of aromatic nitrogens is 1. The average molecular weight is 340 g/mol. The van der Waals surface area contributed by atoms with Crippen molar-refractivity contribution in [1.82, 2.24) is 10.3 Å². The molecule has 0 spiro atoms. The summed E-state index contributed by atoms with van der Waals surface area (Å²) in [6.45, 7) is 0.510. The molecule has 0 saturated heterocycles. The Morgan fingerprint density at radius 3 is 2.48 bits per heavy atom. The summed E-state index contributed by atoms with van der Waals surface area (Å²) in [5, 5.41) is 33.0. The zero-order valence-electron chi connectivity index (χ0n) is 13.6. The number of aromatic amines is 1. The highest BCUT2D eigenvalue weighted by Gasteiger charge is 2.15. The average Bonchev–Trinajstić information content (AvgIpc) is 2.62. The minimum Gasteiger partial charge on any atom is -0.508 e. The highest BCUT2D eigenvalue weighted by atomic mass is 16.3. The quantitative estimate of drug-likeness (QED) is 0.471. The monoisotopic (exact) mass is 340 g/mol. The second-order valence-electron chi connectivity index (χ2n) is 5.89. The van der Waals surface area contributed by atoms with Gasteiger partial charge in [0.1, 0.15) is 11.5 Å². The lowest BCUT2D eigenvalue weighted by atomic mass is 10.0. The van der Waals surface area contributed by atoms with Gasteiger partial charge in [0.05, 0.1) is 18.2 Å². The van der Waals surface area contributed by atoms with Gasteiger partial charge in [-0.15, -0.1) is 0 Å². The molecule has 6 nitrogen and oxygen atoms in total. The molecule has 0 aliphatic carbocycles. The lowest BCUT2D eigenvalue weighted by Crippen LogP contribution is -2.26. The Bertz CT molecular complexity index is 919. The summed E-state index contributed by atoms with van der Waals surface area (Å²) in [6, 6.07) is 13.0. The van der Waals surface area contributed by atoms with Gasteiger partial charge in [0, 0.05) is 11.5 Å².